The van der Waals surface area contributed by atoms with Gasteiger partial charge in [-0.25, -0.2) is 0 Å². The van der Waals surface area contributed by atoms with Gasteiger partial charge in [0, 0.05) is 6.54 Å². The number of hydrogen-bond acceptors (Lipinski definition) is 5. The molecule has 1 atom stereocenters. The second kappa shape index (κ2) is 10.2. The van der Waals surface area contributed by atoms with E-state index in [9.17, 15) is 14.4 Å². The van der Waals surface area contributed by atoms with Gasteiger partial charge in [-0.2, -0.15) is 0 Å². The molecule has 0 bridgehead atoms. The molecule has 0 spiro atoms. The van der Waals surface area contributed by atoms with E-state index in [2.05, 4.69) is 5.32 Å². The van der Waals surface area contributed by atoms with Gasteiger partial charge in [-0.3, -0.25) is 19.3 Å². The van der Waals surface area contributed by atoms with Crippen LogP contribution in [0.25, 0.3) is 0 Å². The van der Waals surface area contributed by atoms with Crippen molar-refractivity contribution in [3.63, 3.8) is 0 Å². The number of fused-ring (bicyclic) bond motifs is 1. The fourth-order valence-electron chi connectivity index (χ4n) is 4.04. The summed E-state index contributed by atoms with van der Waals surface area (Å²) in [5.41, 5.74) is 2.28. The van der Waals surface area contributed by atoms with Crippen molar-refractivity contribution in [1.82, 2.24) is 10.2 Å². The Bertz CT molecular complexity index is 1170. The van der Waals surface area contributed by atoms with Crippen LogP contribution in [0, 0.1) is 0 Å². The van der Waals surface area contributed by atoms with Crippen molar-refractivity contribution in [2.45, 2.75) is 26.0 Å². The third-order valence-corrected chi connectivity index (χ3v) is 5.70. The summed E-state index contributed by atoms with van der Waals surface area (Å²) in [4.78, 5) is 40.0. The minimum absolute atomic E-state index is 0.0628. The van der Waals surface area contributed by atoms with Crippen molar-refractivity contribution in [3.05, 3.63) is 95.1 Å². The molecule has 4 rings (SSSR count). The number of hydrogen-bond donors (Lipinski definition) is 1. The van der Waals surface area contributed by atoms with Crippen LogP contribution in [0.4, 0.5) is 0 Å². The summed E-state index contributed by atoms with van der Waals surface area (Å²) < 4.78 is 11.5. The van der Waals surface area contributed by atoms with E-state index in [0.29, 0.717) is 41.3 Å². The molecule has 7 heteroatoms. The standard InChI is InChI=1S/C27H26N2O5/c1-3-28-25(30)16-22(29-26(31)20-11-7-8-12-21(20)27(29)32)19-13-14-23(24(15-19)33-2)34-17-18-9-5-4-6-10-18/h4-15,22H,3,16-17H2,1-2H3,(H,28,30). The van der Waals surface area contributed by atoms with Gasteiger partial charge >= 0.3 is 0 Å². The topological polar surface area (TPSA) is 84.9 Å². The fraction of sp³-hybridized carbons (Fsp3) is 0.222. The number of carbonyl (C=O) groups is 3. The maximum Gasteiger partial charge on any atom is 0.262 e. The molecule has 1 unspecified atom stereocenters. The van der Waals surface area contributed by atoms with Crippen molar-refractivity contribution in [2.24, 2.45) is 0 Å². The van der Waals surface area contributed by atoms with E-state index >= 15 is 0 Å². The molecule has 0 fully saturated rings. The lowest BCUT2D eigenvalue weighted by molar-refractivity contribution is -0.121. The molecule has 1 heterocycles. The van der Waals surface area contributed by atoms with Gasteiger partial charge in [0.15, 0.2) is 11.5 Å². The molecule has 3 aromatic carbocycles. The first-order valence-electron chi connectivity index (χ1n) is 11.1. The summed E-state index contributed by atoms with van der Waals surface area (Å²) in [6.45, 7) is 2.62. The Morgan fingerprint density at radius 1 is 0.912 bits per heavy atom. The van der Waals surface area contributed by atoms with Crippen molar-refractivity contribution in [1.29, 1.82) is 0 Å². The first-order valence-corrected chi connectivity index (χ1v) is 11.1. The molecular formula is C27H26N2O5. The Labute approximate surface area is 198 Å². The zero-order chi connectivity index (χ0) is 24.1. The third-order valence-electron chi connectivity index (χ3n) is 5.70. The lowest BCUT2D eigenvalue weighted by Gasteiger charge is -2.27. The van der Waals surface area contributed by atoms with E-state index in [1.807, 2.05) is 37.3 Å². The van der Waals surface area contributed by atoms with Crippen molar-refractivity contribution in [2.75, 3.05) is 13.7 Å². The maximum atomic E-state index is 13.2. The quantitative estimate of drug-likeness (QED) is 0.487. The number of imide groups is 1. The van der Waals surface area contributed by atoms with E-state index in [1.54, 1.807) is 42.5 Å². The molecule has 3 amide bonds. The largest absolute Gasteiger partial charge is 0.493 e. The molecule has 0 aromatic heterocycles. The molecule has 34 heavy (non-hydrogen) atoms. The summed E-state index contributed by atoms with van der Waals surface area (Å²) in [6, 6.07) is 20.8. The van der Waals surface area contributed by atoms with Crippen molar-refractivity contribution >= 4 is 17.7 Å². The summed E-state index contributed by atoms with van der Waals surface area (Å²) in [5, 5.41) is 2.75. The SMILES string of the molecule is CCNC(=O)CC(c1ccc(OCc2ccccc2)c(OC)c1)N1C(=O)c2ccccc2C1=O. The van der Waals surface area contributed by atoms with Crippen LogP contribution in [0.15, 0.2) is 72.8 Å². The van der Waals surface area contributed by atoms with Crippen LogP contribution >= 0.6 is 0 Å². The van der Waals surface area contributed by atoms with Gasteiger partial charge < -0.3 is 14.8 Å². The highest BCUT2D eigenvalue weighted by atomic mass is 16.5. The zero-order valence-electron chi connectivity index (χ0n) is 19.1. The molecule has 0 radical (unpaired) electrons. The molecule has 174 valence electrons. The van der Waals surface area contributed by atoms with Gasteiger partial charge in [-0.1, -0.05) is 48.5 Å². The van der Waals surface area contributed by atoms with Crippen LogP contribution in [0.5, 0.6) is 11.5 Å². The fourth-order valence-corrected chi connectivity index (χ4v) is 4.04. The highest BCUT2D eigenvalue weighted by Gasteiger charge is 2.41. The molecular weight excluding hydrogens is 432 g/mol. The normalized spacial score (nSPS) is 13.4. The number of nitrogens with zero attached hydrogens (tertiary/aromatic N) is 1. The summed E-state index contributed by atoms with van der Waals surface area (Å²) in [5.74, 6) is -0.121. The summed E-state index contributed by atoms with van der Waals surface area (Å²) >= 11 is 0. The molecule has 0 saturated heterocycles. The minimum atomic E-state index is -0.795. The number of benzene rings is 3. The first kappa shape index (κ1) is 23.0. The minimum Gasteiger partial charge on any atom is -0.493 e. The molecule has 3 aromatic rings. The molecule has 1 aliphatic heterocycles. The summed E-state index contributed by atoms with van der Waals surface area (Å²) in [7, 11) is 1.52. The van der Waals surface area contributed by atoms with Crippen molar-refractivity contribution in [3.8, 4) is 11.5 Å². The Morgan fingerprint density at radius 3 is 2.18 bits per heavy atom. The van der Waals surface area contributed by atoms with Gasteiger partial charge in [0.05, 0.1) is 30.7 Å². The lowest BCUT2D eigenvalue weighted by Crippen LogP contribution is -2.37. The van der Waals surface area contributed by atoms with E-state index in [0.717, 1.165) is 5.56 Å². The van der Waals surface area contributed by atoms with Crippen LogP contribution in [-0.2, 0) is 11.4 Å². The van der Waals surface area contributed by atoms with Crippen LogP contribution in [-0.4, -0.2) is 36.3 Å². The van der Waals surface area contributed by atoms with E-state index in [1.165, 1.54) is 12.0 Å². The van der Waals surface area contributed by atoms with Crippen LogP contribution in [0.2, 0.25) is 0 Å². The smallest absolute Gasteiger partial charge is 0.262 e. The van der Waals surface area contributed by atoms with Crippen LogP contribution in [0.1, 0.15) is 51.2 Å². The van der Waals surface area contributed by atoms with Gasteiger partial charge in [0.25, 0.3) is 11.8 Å². The number of rotatable bonds is 9. The predicted octanol–water partition coefficient (Wildman–Crippen LogP) is 4.14. The molecule has 0 aliphatic carbocycles. The van der Waals surface area contributed by atoms with E-state index in [4.69, 9.17) is 9.47 Å². The second-order valence-corrected chi connectivity index (χ2v) is 7.88. The Morgan fingerprint density at radius 2 is 1.56 bits per heavy atom. The van der Waals surface area contributed by atoms with Crippen LogP contribution < -0.4 is 14.8 Å². The Hall–Kier alpha value is -4.13. The monoisotopic (exact) mass is 458 g/mol. The van der Waals surface area contributed by atoms with Gasteiger partial charge in [0.2, 0.25) is 5.91 Å². The maximum absolute atomic E-state index is 13.2. The predicted molar refractivity (Wildman–Crippen MR) is 127 cm³/mol. The van der Waals surface area contributed by atoms with E-state index < -0.39 is 17.9 Å². The first-order chi connectivity index (χ1) is 16.5. The number of methoxy groups -OCH3 is 1. The number of carbonyl (C=O) groups excluding carboxylic acids is 3. The zero-order valence-corrected chi connectivity index (χ0v) is 19.1. The highest BCUT2D eigenvalue weighted by molar-refractivity contribution is 6.21. The average molecular weight is 459 g/mol. The lowest BCUT2D eigenvalue weighted by atomic mass is 10.0. The Kier molecular flexibility index (Phi) is 6.92. The Balaban J connectivity index is 1.66. The van der Waals surface area contributed by atoms with Gasteiger partial charge in [-0.05, 0) is 42.3 Å². The number of amides is 3. The molecule has 1 aliphatic rings. The highest BCUT2D eigenvalue weighted by Crippen LogP contribution is 2.37. The molecule has 1 N–H and O–H groups in total. The van der Waals surface area contributed by atoms with Gasteiger partial charge in [0.1, 0.15) is 6.61 Å². The van der Waals surface area contributed by atoms with Gasteiger partial charge in [-0.15, -0.1) is 0 Å². The molecule has 0 saturated carbocycles. The van der Waals surface area contributed by atoms with Crippen molar-refractivity contribution < 1.29 is 23.9 Å². The summed E-state index contributed by atoms with van der Waals surface area (Å²) in [6.07, 6.45) is -0.0628. The second-order valence-electron chi connectivity index (χ2n) is 7.88. The number of ether oxygens (including phenoxy) is 2. The average Bonchev–Trinajstić information content (AvgIpc) is 3.12. The number of nitrogens with one attached hydrogen (secondary N) is 1. The van der Waals surface area contributed by atoms with E-state index in [-0.39, 0.29) is 12.3 Å². The third kappa shape index (κ3) is 4.64. The van der Waals surface area contributed by atoms with Crippen LogP contribution in [0.3, 0.4) is 0 Å². The molecule has 7 nitrogen and oxygen atoms in total.